The highest BCUT2D eigenvalue weighted by molar-refractivity contribution is 6.34. The number of hydrogen-bond donors (Lipinski definition) is 3. The molecule has 0 heterocycles. The molecule has 0 bridgehead atoms. The zero-order valence-corrected chi connectivity index (χ0v) is 13.0. The number of anilines is 2. The van der Waals surface area contributed by atoms with Gasteiger partial charge in [-0.25, -0.2) is 4.79 Å². The third-order valence-corrected chi connectivity index (χ3v) is 3.30. The van der Waals surface area contributed by atoms with Gasteiger partial charge in [0.15, 0.2) is 0 Å². The van der Waals surface area contributed by atoms with Gasteiger partial charge in [0, 0.05) is 11.3 Å². The first kappa shape index (κ1) is 15.9. The van der Waals surface area contributed by atoms with Crippen molar-refractivity contribution in [3.8, 4) is 0 Å². The second-order valence-corrected chi connectivity index (χ2v) is 5.42. The Morgan fingerprint density at radius 3 is 2.23 bits per heavy atom. The van der Waals surface area contributed by atoms with E-state index in [-0.39, 0.29) is 5.91 Å². The van der Waals surface area contributed by atoms with Gasteiger partial charge in [-0.15, -0.1) is 0 Å². The second-order valence-electron chi connectivity index (χ2n) is 5.01. The molecule has 22 heavy (non-hydrogen) atoms. The number of benzene rings is 2. The molecular weight excluding hydrogens is 302 g/mol. The Bertz CT molecular complexity index is 724. The Balaban J connectivity index is 2.25. The van der Waals surface area contributed by atoms with Crippen LogP contribution in [0.5, 0.6) is 0 Å². The molecule has 0 spiro atoms. The van der Waals surface area contributed by atoms with E-state index in [4.69, 9.17) is 17.3 Å². The van der Waals surface area contributed by atoms with E-state index in [0.29, 0.717) is 22.0 Å². The number of nitrogens with one attached hydrogen (secondary N) is 2. The summed E-state index contributed by atoms with van der Waals surface area (Å²) >= 11 is 6.07. The Morgan fingerprint density at radius 1 is 1.00 bits per heavy atom. The van der Waals surface area contributed by atoms with E-state index in [2.05, 4.69) is 10.6 Å². The van der Waals surface area contributed by atoms with Crippen molar-refractivity contribution in [2.75, 3.05) is 10.6 Å². The summed E-state index contributed by atoms with van der Waals surface area (Å²) in [4.78, 5) is 23.2. The van der Waals surface area contributed by atoms with Crippen molar-refractivity contribution in [1.29, 1.82) is 0 Å². The predicted octanol–water partition coefficient (Wildman–Crippen LogP) is 3.70. The highest BCUT2D eigenvalue weighted by atomic mass is 35.5. The average Bonchev–Trinajstić information content (AvgIpc) is 2.40. The van der Waals surface area contributed by atoms with Gasteiger partial charge in [-0.05, 0) is 44.2 Å². The quantitative estimate of drug-likeness (QED) is 0.806. The molecular formula is C16H16ClN3O2. The summed E-state index contributed by atoms with van der Waals surface area (Å²) in [6.07, 6.45) is 0. The van der Waals surface area contributed by atoms with E-state index in [1.165, 1.54) is 0 Å². The van der Waals surface area contributed by atoms with Gasteiger partial charge in [-0.1, -0.05) is 28.8 Å². The number of carbonyl (C=O) groups excluding carboxylic acids is 2. The summed E-state index contributed by atoms with van der Waals surface area (Å²) < 4.78 is 0. The van der Waals surface area contributed by atoms with E-state index in [1.54, 1.807) is 30.3 Å². The molecule has 0 aromatic heterocycles. The third kappa shape index (κ3) is 3.99. The molecule has 6 heteroatoms. The Hall–Kier alpha value is -2.53. The highest BCUT2D eigenvalue weighted by Crippen LogP contribution is 2.26. The minimum atomic E-state index is -0.686. The maximum atomic E-state index is 12.3. The van der Waals surface area contributed by atoms with Crippen LogP contribution in [-0.2, 0) is 0 Å². The van der Waals surface area contributed by atoms with Crippen LogP contribution in [0.2, 0.25) is 5.02 Å². The molecule has 4 N–H and O–H groups in total. The molecule has 0 aliphatic rings. The standard InChI is InChI=1S/C16H16ClN3O2/c1-9-5-10(2)7-11(6-9)15(21)20-14-8-12(19-16(18)22)3-4-13(14)17/h3-8H,1-2H3,(H,20,21)(H3,18,19,22). The van der Waals surface area contributed by atoms with Gasteiger partial charge < -0.3 is 16.4 Å². The summed E-state index contributed by atoms with van der Waals surface area (Å²) in [7, 11) is 0. The molecule has 114 valence electrons. The van der Waals surface area contributed by atoms with E-state index >= 15 is 0 Å². The monoisotopic (exact) mass is 317 g/mol. The molecule has 3 amide bonds. The maximum Gasteiger partial charge on any atom is 0.316 e. The van der Waals surface area contributed by atoms with Crippen LogP contribution in [0.25, 0.3) is 0 Å². The summed E-state index contributed by atoms with van der Waals surface area (Å²) in [6.45, 7) is 3.85. The van der Waals surface area contributed by atoms with E-state index in [1.807, 2.05) is 19.9 Å². The Labute approximate surface area is 133 Å². The fourth-order valence-electron chi connectivity index (χ4n) is 2.14. The molecule has 2 rings (SSSR count). The fourth-order valence-corrected chi connectivity index (χ4v) is 2.31. The summed E-state index contributed by atoms with van der Waals surface area (Å²) in [5, 5.41) is 5.53. The van der Waals surface area contributed by atoms with Crippen molar-refractivity contribution in [2.45, 2.75) is 13.8 Å². The molecule has 0 radical (unpaired) electrons. The van der Waals surface area contributed by atoms with Crippen LogP contribution >= 0.6 is 11.6 Å². The van der Waals surface area contributed by atoms with Crippen LogP contribution in [0.4, 0.5) is 16.2 Å². The number of amides is 3. The van der Waals surface area contributed by atoms with Gasteiger partial charge in [0.25, 0.3) is 5.91 Å². The molecule has 0 atom stereocenters. The second kappa shape index (κ2) is 6.49. The molecule has 0 saturated heterocycles. The van der Waals surface area contributed by atoms with Crippen LogP contribution < -0.4 is 16.4 Å². The number of carbonyl (C=O) groups is 2. The lowest BCUT2D eigenvalue weighted by atomic mass is 10.1. The van der Waals surface area contributed by atoms with E-state index in [9.17, 15) is 9.59 Å². The molecule has 0 aliphatic carbocycles. The van der Waals surface area contributed by atoms with Crippen LogP contribution in [0.3, 0.4) is 0 Å². The van der Waals surface area contributed by atoms with Crippen molar-refractivity contribution >= 4 is 34.9 Å². The van der Waals surface area contributed by atoms with Crippen LogP contribution in [-0.4, -0.2) is 11.9 Å². The lowest BCUT2D eigenvalue weighted by Crippen LogP contribution is -2.19. The van der Waals surface area contributed by atoms with Gasteiger partial charge in [0.05, 0.1) is 10.7 Å². The molecule has 2 aromatic rings. The van der Waals surface area contributed by atoms with E-state index in [0.717, 1.165) is 11.1 Å². The SMILES string of the molecule is Cc1cc(C)cc(C(=O)Nc2cc(NC(N)=O)ccc2Cl)c1. The Morgan fingerprint density at radius 2 is 1.64 bits per heavy atom. The number of rotatable bonds is 3. The van der Waals surface area contributed by atoms with Crippen molar-refractivity contribution in [1.82, 2.24) is 0 Å². The normalized spacial score (nSPS) is 10.1. The molecule has 0 aliphatic heterocycles. The van der Waals surface area contributed by atoms with Crippen molar-refractivity contribution in [3.05, 3.63) is 58.1 Å². The maximum absolute atomic E-state index is 12.3. The number of primary amides is 1. The summed E-state index contributed by atoms with van der Waals surface area (Å²) in [6, 6.07) is 9.61. The highest BCUT2D eigenvalue weighted by Gasteiger charge is 2.10. The van der Waals surface area contributed by atoms with Gasteiger partial charge in [0.2, 0.25) is 0 Å². The van der Waals surface area contributed by atoms with Gasteiger partial charge >= 0.3 is 6.03 Å². The lowest BCUT2D eigenvalue weighted by Gasteiger charge is -2.10. The lowest BCUT2D eigenvalue weighted by molar-refractivity contribution is 0.102. The first-order valence-corrected chi connectivity index (χ1v) is 6.98. The number of aryl methyl sites for hydroxylation is 2. The molecule has 2 aromatic carbocycles. The largest absolute Gasteiger partial charge is 0.351 e. The molecule has 5 nitrogen and oxygen atoms in total. The number of hydrogen-bond acceptors (Lipinski definition) is 2. The summed E-state index contributed by atoms with van der Waals surface area (Å²) in [5.41, 5.74) is 8.46. The van der Waals surface area contributed by atoms with Gasteiger partial charge in [-0.3, -0.25) is 4.79 Å². The molecule has 0 fully saturated rings. The van der Waals surface area contributed by atoms with E-state index < -0.39 is 6.03 Å². The van der Waals surface area contributed by atoms with Crippen LogP contribution in [0.15, 0.2) is 36.4 Å². The predicted molar refractivity (Wildman–Crippen MR) is 88.5 cm³/mol. The minimum absolute atomic E-state index is 0.273. The fraction of sp³-hybridized carbons (Fsp3) is 0.125. The first-order valence-electron chi connectivity index (χ1n) is 6.61. The topological polar surface area (TPSA) is 84.2 Å². The third-order valence-electron chi connectivity index (χ3n) is 2.97. The van der Waals surface area contributed by atoms with Crippen molar-refractivity contribution in [3.63, 3.8) is 0 Å². The number of halogens is 1. The number of urea groups is 1. The molecule has 0 unspecified atom stereocenters. The first-order chi connectivity index (χ1) is 10.3. The Kier molecular flexibility index (Phi) is 4.68. The zero-order valence-electron chi connectivity index (χ0n) is 12.2. The molecule has 0 saturated carbocycles. The van der Waals surface area contributed by atoms with Crippen molar-refractivity contribution in [2.24, 2.45) is 5.73 Å². The van der Waals surface area contributed by atoms with Crippen molar-refractivity contribution < 1.29 is 9.59 Å². The smallest absolute Gasteiger partial charge is 0.316 e. The van der Waals surface area contributed by atoms with Gasteiger partial charge in [-0.2, -0.15) is 0 Å². The van der Waals surface area contributed by atoms with Gasteiger partial charge in [0.1, 0.15) is 0 Å². The van der Waals surface area contributed by atoms with Crippen LogP contribution in [0, 0.1) is 13.8 Å². The van der Waals surface area contributed by atoms with Crippen LogP contribution in [0.1, 0.15) is 21.5 Å². The minimum Gasteiger partial charge on any atom is -0.351 e. The number of nitrogens with two attached hydrogens (primary N) is 1. The zero-order chi connectivity index (χ0) is 16.3. The summed E-state index contributed by atoms with van der Waals surface area (Å²) in [5.74, 6) is -0.273. The average molecular weight is 318 g/mol.